The maximum absolute atomic E-state index is 5.72. The molecule has 0 radical (unpaired) electrons. The largest absolute Gasteiger partial charge is 0.375 e. The molecule has 4 nitrogen and oxygen atoms in total. The monoisotopic (exact) mass is 504 g/mol. The van der Waals surface area contributed by atoms with Crippen molar-refractivity contribution in [1.29, 1.82) is 0 Å². The van der Waals surface area contributed by atoms with Crippen molar-refractivity contribution in [2.24, 2.45) is 10.7 Å². The Kier molecular flexibility index (Phi) is 5.11. The Bertz CT molecular complexity index is 1090. The molecule has 1 unspecified atom stereocenters. The number of hydrogen-bond acceptors (Lipinski definition) is 6. The summed E-state index contributed by atoms with van der Waals surface area (Å²) in [5, 5.41) is 0.680. The first kappa shape index (κ1) is 18.7. The van der Waals surface area contributed by atoms with Crippen molar-refractivity contribution in [1.82, 2.24) is 4.98 Å². The van der Waals surface area contributed by atoms with Crippen molar-refractivity contribution < 1.29 is 0 Å². The number of thioether (sulfide) groups is 1. The van der Waals surface area contributed by atoms with Crippen molar-refractivity contribution in [3.05, 3.63) is 75.0 Å². The first-order valence-electron chi connectivity index (χ1n) is 8.34. The fourth-order valence-corrected chi connectivity index (χ4v) is 5.22. The Morgan fingerprint density at radius 2 is 1.74 bits per heavy atom. The van der Waals surface area contributed by atoms with Crippen LogP contribution in [-0.2, 0) is 6.42 Å². The summed E-state index contributed by atoms with van der Waals surface area (Å²) in [6.45, 7) is 0. The van der Waals surface area contributed by atoms with Crippen LogP contribution in [0.5, 0.6) is 0 Å². The van der Waals surface area contributed by atoms with Crippen LogP contribution in [0.3, 0.4) is 0 Å². The van der Waals surface area contributed by atoms with Crippen LogP contribution in [-0.4, -0.2) is 16.2 Å². The molecule has 6 rings (SSSR count). The highest BCUT2D eigenvalue weighted by Gasteiger charge is 2.27. The minimum Gasteiger partial charge on any atom is -0.375 e. The number of nitrogens with zero attached hydrogens (tertiary/aromatic N) is 2. The highest BCUT2D eigenvalue weighted by Crippen LogP contribution is 2.40. The second kappa shape index (κ2) is 7.38. The quantitative estimate of drug-likeness (QED) is 0.340. The van der Waals surface area contributed by atoms with Crippen LogP contribution in [0.1, 0.15) is 21.6 Å². The number of thiazole rings is 1. The van der Waals surface area contributed by atoms with E-state index in [4.69, 9.17) is 11.5 Å². The van der Waals surface area contributed by atoms with Crippen LogP contribution in [0.4, 0.5) is 5.13 Å². The predicted octanol–water partition coefficient (Wildman–Crippen LogP) is 4.73. The number of aliphatic imine (C=N–C) groups is 1. The summed E-state index contributed by atoms with van der Waals surface area (Å²) in [6, 6.07) is 16.7. The molecule has 2 heterocycles. The van der Waals surface area contributed by atoms with E-state index in [0.29, 0.717) is 5.13 Å². The van der Waals surface area contributed by atoms with Gasteiger partial charge in [-0.2, -0.15) is 0 Å². The SMILES string of the molecule is I.NC1N=C2C(=Cc3ccccc32)S1.Nc1nc2c(s1)Cc1ccccc1-2. The minimum atomic E-state index is -0.102. The molecule has 0 saturated carbocycles. The normalized spacial score (nSPS) is 17.4. The number of rotatable bonds is 0. The first-order chi connectivity index (χ1) is 12.7. The van der Waals surface area contributed by atoms with Crippen LogP contribution in [0.15, 0.2) is 58.4 Å². The van der Waals surface area contributed by atoms with Gasteiger partial charge in [0, 0.05) is 27.3 Å². The molecule has 0 amide bonds. The van der Waals surface area contributed by atoms with Gasteiger partial charge in [-0.05, 0) is 17.2 Å². The molecule has 2 aromatic carbocycles. The minimum absolute atomic E-state index is 0. The maximum atomic E-state index is 5.72. The lowest BCUT2D eigenvalue weighted by atomic mass is 10.1. The third-order valence-electron chi connectivity index (χ3n) is 4.58. The van der Waals surface area contributed by atoms with Gasteiger partial charge in [0.2, 0.25) is 0 Å². The van der Waals surface area contributed by atoms with Gasteiger partial charge in [-0.15, -0.1) is 35.3 Å². The van der Waals surface area contributed by atoms with Crippen molar-refractivity contribution in [2.75, 3.05) is 5.73 Å². The molecular formula is C20H17IN4S2. The molecule has 0 fully saturated rings. The highest BCUT2D eigenvalue weighted by atomic mass is 127. The summed E-state index contributed by atoms with van der Waals surface area (Å²) < 4.78 is 0. The number of allylic oxidation sites excluding steroid dienone is 1. The summed E-state index contributed by atoms with van der Waals surface area (Å²) >= 11 is 3.23. The average molecular weight is 504 g/mol. The molecule has 0 bridgehead atoms. The molecule has 27 heavy (non-hydrogen) atoms. The standard InChI is InChI=1S/2C10H8N2S.HI/c2*11-10-12-9-7-4-2-1-3-6(7)5-8(9)13-10;/h1-4H,5H2,(H2,11,12);1-5,10H,11H2;1H. The molecule has 3 aromatic rings. The van der Waals surface area contributed by atoms with E-state index >= 15 is 0 Å². The van der Waals surface area contributed by atoms with E-state index in [1.54, 1.807) is 23.1 Å². The van der Waals surface area contributed by atoms with Gasteiger partial charge in [0.25, 0.3) is 0 Å². The fourth-order valence-electron chi connectivity index (χ4n) is 3.47. The molecule has 3 aliphatic rings. The highest BCUT2D eigenvalue weighted by molar-refractivity contribution is 14.0. The summed E-state index contributed by atoms with van der Waals surface area (Å²) in [4.78, 5) is 11.2. The van der Waals surface area contributed by atoms with Crippen molar-refractivity contribution in [3.8, 4) is 11.3 Å². The Balaban J connectivity index is 0.000000129. The summed E-state index contributed by atoms with van der Waals surface area (Å²) in [6.07, 6.45) is 3.16. The van der Waals surface area contributed by atoms with Gasteiger partial charge >= 0.3 is 0 Å². The average Bonchev–Trinajstić information content (AvgIpc) is 3.34. The van der Waals surface area contributed by atoms with Gasteiger partial charge < -0.3 is 11.5 Å². The third kappa shape index (κ3) is 3.33. The second-order valence-electron chi connectivity index (χ2n) is 6.24. The summed E-state index contributed by atoms with van der Waals surface area (Å²) in [5.41, 5.74) is 18.5. The van der Waals surface area contributed by atoms with E-state index in [0.717, 1.165) is 17.8 Å². The number of halogens is 1. The van der Waals surface area contributed by atoms with Crippen molar-refractivity contribution >= 4 is 64.0 Å². The van der Waals surface area contributed by atoms with E-state index in [9.17, 15) is 0 Å². The van der Waals surface area contributed by atoms with Crippen LogP contribution in [0.2, 0.25) is 0 Å². The number of aromatic nitrogens is 1. The van der Waals surface area contributed by atoms with Crippen LogP contribution in [0, 0.1) is 0 Å². The molecular weight excluding hydrogens is 487 g/mol. The Morgan fingerprint density at radius 1 is 1.00 bits per heavy atom. The molecule has 7 heteroatoms. The van der Waals surface area contributed by atoms with Crippen molar-refractivity contribution in [2.45, 2.75) is 11.9 Å². The lowest BCUT2D eigenvalue weighted by Crippen LogP contribution is -2.08. The summed E-state index contributed by atoms with van der Waals surface area (Å²) in [7, 11) is 0. The van der Waals surface area contributed by atoms with E-state index in [1.165, 1.54) is 32.0 Å². The molecule has 136 valence electrons. The maximum Gasteiger partial charge on any atom is 0.180 e. The third-order valence-corrected chi connectivity index (χ3v) is 6.37. The van der Waals surface area contributed by atoms with Gasteiger partial charge in [-0.3, -0.25) is 4.99 Å². The predicted molar refractivity (Wildman–Crippen MR) is 127 cm³/mol. The number of benzene rings is 2. The van der Waals surface area contributed by atoms with Crippen LogP contribution in [0.25, 0.3) is 17.3 Å². The van der Waals surface area contributed by atoms with Crippen molar-refractivity contribution in [3.63, 3.8) is 0 Å². The van der Waals surface area contributed by atoms with Crippen LogP contribution < -0.4 is 11.5 Å². The zero-order valence-electron chi connectivity index (χ0n) is 14.3. The van der Waals surface area contributed by atoms with E-state index in [1.807, 2.05) is 18.2 Å². The van der Waals surface area contributed by atoms with Gasteiger partial charge in [-0.1, -0.05) is 60.3 Å². The number of nitrogen functional groups attached to an aromatic ring is 1. The topological polar surface area (TPSA) is 77.3 Å². The lowest BCUT2D eigenvalue weighted by molar-refractivity contribution is 1.00. The first-order valence-corrected chi connectivity index (χ1v) is 10.0. The summed E-state index contributed by atoms with van der Waals surface area (Å²) in [5.74, 6) is 0. The Morgan fingerprint density at radius 3 is 2.59 bits per heavy atom. The van der Waals surface area contributed by atoms with E-state index < -0.39 is 0 Å². The van der Waals surface area contributed by atoms with Gasteiger partial charge in [0.1, 0.15) is 5.50 Å². The molecule has 1 atom stereocenters. The lowest BCUT2D eigenvalue weighted by Gasteiger charge is -1.97. The molecule has 2 aliphatic carbocycles. The molecule has 1 aliphatic heterocycles. The van der Waals surface area contributed by atoms with Gasteiger partial charge in [0.05, 0.1) is 11.4 Å². The van der Waals surface area contributed by atoms with Crippen LogP contribution >= 0.6 is 47.1 Å². The van der Waals surface area contributed by atoms with E-state index in [2.05, 4.69) is 46.4 Å². The van der Waals surface area contributed by atoms with Gasteiger partial charge in [0.15, 0.2) is 5.13 Å². The molecule has 4 N–H and O–H groups in total. The number of fused-ring (bicyclic) bond motifs is 6. The zero-order valence-corrected chi connectivity index (χ0v) is 18.2. The number of anilines is 1. The molecule has 0 spiro atoms. The Hall–Kier alpha value is -1.68. The zero-order chi connectivity index (χ0) is 17.7. The molecule has 0 saturated heterocycles. The van der Waals surface area contributed by atoms with Gasteiger partial charge in [-0.25, -0.2) is 4.98 Å². The number of hydrogen-bond donors (Lipinski definition) is 2. The Labute approximate surface area is 182 Å². The smallest absolute Gasteiger partial charge is 0.180 e. The van der Waals surface area contributed by atoms with E-state index in [-0.39, 0.29) is 29.5 Å². The second-order valence-corrected chi connectivity index (χ2v) is 8.51. The fraction of sp³-hybridized carbons (Fsp3) is 0.100. The molecule has 1 aromatic heterocycles. The number of nitrogens with two attached hydrogens (primary N) is 2.